The van der Waals surface area contributed by atoms with Crippen LogP contribution in [-0.2, 0) is 9.53 Å². The molecule has 0 aromatic carbocycles. The summed E-state index contributed by atoms with van der Waals surface area (Å²) in [7, 11) is 0. The molecular weight excluding hydrogens is 216 g/mol. The van der Waals surface area contributed by atoms with E-state index in [0.29, 0.717) is 6.42 Å². The van der Waals surface area contributed by atoms with Gasteiger partial charge >= 0.3 is 5.97 Å². The van der Waals surface area contributed by atoms with Crippen LogP contribution >= 0.6 is 0 Å². The molecular formula is C10H20O6. The zero-order chi connectivity index (χ0) is 12.9. The molecule has 0 amide bonds. The molecule has 4 N–H and O–H groups in total. The first-order valence-corrected chi connectivity index (χ1v) is 5.41. The fraction of sp³-hybridized carbons (Fsp3) is 0.900. The summed E-state index contributed by atoms with van der Waals surface area (Å²) in [5.41, 5.74) is 0. The van der Waals surface area contributed by atoms with Crippen molar-refractivity contribution in [3.05, 3.63) is 0 Å². The number of rotatable bonds is 2. The van der Waals surface area contributed by atoms with Crippen molar-refractivity contribution in [2.75, 3.05) is 0 Å². The second-order valence-corrected chi connectivity index (χ2v) is 3.31. The Morgan fingerprint density at radius 1 is 1.12 bits per heavy atom. The van der Waals surface area contributed by atoms with E-state index in [2.05, 4.69) is 0 Å². The number of hydrogen-bond donors (Lipinski definition) is 4. The first kappa shape index (κ1) is 15.3. The Morgan fingerprint density at radius 3 is 2.00 bits per heavy atom. The van der Waals surface area contributed by atoms with Crippen LogP contribution in [0.5, 0.6) is 0 Å². The van der Waals surface area contributed by atoms with Gasteiger partial charge in [0.25, 0.3) is 0 Å². The highest BCUT2D eigenvalue weighted by Crippen LogP contribution is 2.23. The summed E-state index contributed by atoms with van der Waals surface area (Å²) >= 11 is 0. The van der Waals surface area contributed by atoms with Crippen molar-refractivity contribution in [2.24, 2.45) is 0 Å². The number of carbonyl (C=O) groups is 1. The molecule has 0 aromatic heterocycles. The average molecular weight is 236 g/mol. The van der Waals surface area contributed by atoms with E-state index in [0.717, 1.165) is 0 Å². The monoisotopic (exact) mass is 236 g/mol. The fourth-order valence-corrected chi connectivity index (χ4v) is 1.49. The van der Waals surface area contributed by atoms with Gasteiger partial charge in [0.15, 0.2) is 6.10 Å². The van der Waals surface area contributed by atoms with Gasteiger partial charge in [-0.3, -0.25) is 0 Å². The number of hydrogen-bond acceptors (Lipinski definition) is 5. The second-order valence-electron chi connectivity index (χ2n) is 3.31. The molecule has 1 saturated heterocycles. The molecule has 0 saturated carbocycles. The highest BCUT2D eigenvalue weighted by Gasteiger charge is 2.45. The van der Waals surface area contributed by atoms with Gasteiger partial charge in [-0.05, 0) is 6.42 Å². The van der Waals surface area contributed by atoms with E-state index in [9.17, 15) is 20.1 Å². The van der Waals surface area contributed by atoms with Crippen LogP contribution in [-0.4, -0.2) is 56.9 Å². The minimum Gasteiger partial charge on any atom is -0.479 e. The third-order valence-corrected chi connectivity index (χ3v) is 2.36. The summed E-state index contributed by atoms with van der Waals surface area (Å²) in [4.78, 5) is 10.6. The summed E-state index contributed by atoms with van der Waals surface area (Å²) in [5, 5.41) is 36.6. The smallest absolute Gasteiger partial charge is 0.335 e. The molecule has 1 aliphatic rings. The highest BCUT2D eigenvalue weighted by molar-refractivity contribution is 5.73. The van der Waals surface area contributed by atoms with E-state index in [1.165, 1.54) is 0 Å². The number of aliphatic carboxylic acids is 1. The van der Waals surface area contributed by atoms with Crippen LogP contribution in [0.25, 0.3) is 0 Å². The SMILES string of the molecule is CC.CCC1OC(C(=O)O)C(O)C(O)C1O. The minimum absolute atomic E-state index is 0.370. The number of aliphatic hydroxyl groups excluding tert-OH is 3. The van der Waals surface area contributed by atoms with Crippen molar-refractivity contribution in [3.63, 3.8) is 0 Å². The summed E-state index contributed by atoms with van der Waals surface area (Å²) in [5.74, 6) is -1.35. The number of carboxylic acids is 1. The molecule has 0 bridgehead atoms. The Bertz CT molecular complexity index is 217. The van der Waals surface area contributed by atoms with Gasteiger partial charge in [-0.2, -0.15) is 0 Å². The van der Waals surface area contributed by atoms with Crippen LogP contribution in [0.3, 0.4) is 0 Å². The van der Waals surface area contributed by atoms with E-state index < -0.39 is 36.5 Å². The summed E-state index contributed by atoms with van der Waals surface area (Å²) in [6, 6.07) is 0. The Kier molecular flexibility index (Phi) is 6.51. The van der Waals surface area contributed by atoms with Crippen LogP contribution in [0.2, 0.25) is 0 Å². The summed E-state index contributed by atoms with van der Waals surface area (Å²) in [6.45, 7) is 5.69. The minimum atomic E-state index is -1.59. The second kappa shape index (κ2) is 6.80. The molecule has 6 heteroatoms. The van der Waals surface area contributed by atoms with Crippen LogP contribution in [0.1, 0.15) is 27.2 Å². The molecule has 96 valence electrons. The van der Waals surface area contributed by atoms with Crippen molar-refractivity contribution >= 4 is 5.97 Å². The average Bonchev–Trinajstić information content (AvgIpc) is 2.28. The van der Waals surface area contributed by atoms with Crippen LogP contribution < -0.4 is 0 Å². The largest absolute Gasteiger partial charge is 0.479 e. The predicted molar refractivity (Wildman–Crippen MR) is 56.0 cm³/mol. The lowest BCUT2D eigenvalue weighted by Crippen LogP contribution is -2.59. The highest BCUT2D eigenvalue weighted by atomic mass is 16.6. The molecule has 5 atom stereocenters. The van der Waals surface area contributed by atoms with E-state index in [1.807, 2.05) is 13.8 Å². The molecule has 1 fully saturated rings. The maximum absolute atomic E-state index is 10.6. The van der Waals surface area contributed by atoms with E-state index in [1.54, 1.807) is 6.92 Å². The van der Waals surface area contributed by atoms with Gasteiger partial charge in [0, 0.05) is 0 Å². The van der Waals surface area contributed by atoms with E-state index >= 15 is 0 Å². The van der Waals surface area contributed by atoms with E-state index in [-0.39, 0.29) is 0 Å². The third kappa shape index (κ3) is 3.15. The Morgan fingerprint density at radius 2 is 1.62 bits per heavy atom. The topological polar surface area (TPSA) is 107 Å². The number of carboxylic acid groups (broad SMARTS) is 1. The normalized spacial score (nSPS) is 38.5. The third-order valence-electron chi connectivity index (χ3n) is 2.36. The van der Waals surface area contributed by atoms with Crippen molar-refractivity contribution in [2.45, 2.75) is 57.7 Å². The van der Waals surface area contributed by atoms with Gasteiger partial charge < -0.3 is 25.2 Å². The lowest BCUT2D eigenvalue weighted by atomic mass is 9.94. The molecule has 0 aromatic rings. The van der Waals surface area contributed by atoms with Crippen LogP contribution in [0, 0.1) is 0 Å². The van der Waals surface area contributed by atoms with Crippen molar-refractivity contribution in [3.8, 4) is 0 Å². The lowest BCUT2D eigenvalue weighted by molar-refractivity contribution is -0.227. The van der Waals surface area contributed by atoms with Gasteiger partial charge in [0.1, 0.15) is 18.3 Å². The van der Waals surface area contributed by atoms with Crippen molar-refractivity contribution in [1.82, 2.24) is 0 Å². The fourth-order valence-electron chi connectivity index (χ4n) is 1.49. The maximum Gasteiger partial charge on any atom is 0.335 e. The summed E-state index contributed by atoms with van der Waals surface area (Å²) < 4.78 is 4.93. The Hall–Kier alpha value is -0.690. The van der Waals surface area contributed by atoms with Crippen molar-refractivity contribution < 1.29 is 30.0 Å². The maximum atomic E-state index is 10.6. The Balaban J connectivity index is 0.00000106. The van der Waals surface area contributed by atoms with Gasteiger partial charge in [0.2, 0.25) is 0 Å². The molecule has 16 heavy (non-hydrogen) atoms. The number of ether oxygens (including phenoxy) is 1. The molecule has 1 aliphatic heterocycles. The molecule has 0 aliphatic carbocycles. The van der Waals surface area contributed by atoms with Gasteiger partial charge in [-0.15, -0.1) is 0 Å². The predicted octanol–water partition coefficient (Wildman–Crippen LogP) is -0.643. The quantitative estimate of drug-likeness (QED) is 0.508. The van der Waals surface area contributed by atoms with Crippen LogP contribution in [0.15, 0.2) is 0 Å². The van der Waals surface area contributed by atoms with E-state index in [4.69, 9.17) is 9.84 Å². The van der Waals surface area contributed by atoms with Gasteiger partial charge in [0.05, 0.1) is 6.10 Å². The summed E-state index contributed by atoms with van der Waals surface area (Å²) in [6.07, 6.45) is -6.17. The lowest BCUT2D eigenvalue weighted by Gasteiger charge is -2.38. The van der Waals surface area contributed by atoms with Crippen LogP contribution in [0.4, 0.5) is 0 Å². The first-order valence-electron chi connectivity index (χ1n) is 5.41. The van der Waals surface area contributed by atoms with Crippen molar-refractivity contribution in [1.29, 1.82) is 0 Å². The molecule has 0 spiro atoms. The molecule has 0 radical (unpaired) electrons. The Labute approximate surface area is 94.5 Å². The van der Waals surface area contributed by atoms with Gasteiger partial charge in [-0.25, -0.2) is 4.79 Å². The first-order chi connectivity index (χ1) is 7.49. The molecule has 5 unspecified atom stereocenters. The van der Waals surface area contributed by atoms with Gasteiger partial charge in [-0.1, -0.05) is 20.8 Å². The number of aliphatic hydroxyl groups is 3. The molecule has 6 nitrogen and oxygen atoms in total. The zero-order valence-electron chi connectivity index (χ0n) is 9.70. The standard InChI is InChI=1S/C8H14O6.C2H6/c1-2-3-4(9)5(10)6(11)7(14-3)8(12)13;1-2/h3-7,9-11H,2H2,1H3,(H,12,13);1-2H3. The molecule has 1 heterocycles. The molecule has 1 rings (SSSR count). The zero-order valence-corrected chi connectivity index (χ0v) is 9.70.